The van der Waals surface area contributed by atoms with E-state index in [-0.39, 0.29) is 12.5 Å². The van der Waals surface area contributed by atoms with Gasteiger partial charge in [-0.25, -0.2) is 0 Å². The molecule has 13 heavy (non-hydrogen) atoms. The predicted octanol–water partition coefficient (Wildman–Crippen LogP) is -0.00750. The van der Waals surface area contributed by atoms with Crippen molar-refractivity contribution in [2.24, 2.45) is 0 Å². The van der Waals surface area contributed by atoms with Crippen LogP contribution in [0, 0.1) is 0 Å². The van der Waals surface area contributed by atoms with Gasteiger partial charge in [0.1, 0.15) is 0 Å². The number of likely N-dealkylation sites (N-methyl/N-ethyl adjacent to an activating group) is 1. The molecule has 6 heteroatoms. The predicted molar refractivity (Wildman–Crippen MR) is 48.6 cm³/mol. The molecule has 1 heterocycles. The molecule has 0 fully saturated rings. The van der Waals surface area contributed by atoms with E-state index in [0.29, 0.717) is 18.8 Å². The van der Waals surface area contributed by atoms with E-state index in [1.165, 1.54) is 11.1 Å². The molecular formula is C7H11N3O2S. The minimum absolute atomic E-state index is 0.0306. The summed E-state index contributed by atoms with van der Waals surface area (Å²) in [6.45, 7) is 2.73. The zero-order chi connectivity index (χ0) is 9.68. The molecule has 0 atom stereocenters. The highest BCUT2D eigenvalue weighted by Gasteiger charge is 2.15. The first-order valence-electron chi connectivity index (χ1n) is 3.97. The second-order valence-electron chi connectivity index (χ2n) is 2.40. The normalized spacial score (nSPS) is 10.0. The van der Waals surface area contributed by atoms with Crippen molar-refractivity contribution in [3.63, 3.8) is 0 Å². The quantitative estimate of drug-likeness (QED) is 0.744. The van der Waals surface area contributed by atoms with Gasteiger partial charge in [-0.1, -0.05) is 0 Å². The number of hydrogen-bond acceptors (Lipinski definition) is 5. The molecule has 0 unspecified atom stereocenters. The van der Waals surface area contributed by atoms with Crippen molar-refractivity contribution < 1.29 is 9.90 Å². The maximum Gasteiger partial charge on any atom is 0.275 e. The van der Waals surface area contributed by atoms with Crippen LogP contribution in [0.5, 0.6) is 0 Å². The molecule has 5 nitrogen and oxygen atoms in total. The molecule has 1 amide bonds. The van der Waals surface area contributed by atoms with Crippen LogP contribution >= 0.6 is 11.7 Å². The average molecular weight is 201 g/mol. The van der Waals surface area contributed by atoms with Crippen LogP contribution in [0.3, 0.4) is 0 Å². The van der Waals surface area contributed by atoms with Gasteiger partial charge in [-0.2, -0.15) is 8.75 Å². The van der Waals surface area contributed by atoms with Crippen molar-refractivity contribution >= 4 is 17.6 Å². The van der Waals surface area contributed by atoms with E-state index in [0.717, 1.165) is 11.7 Å². The van der Waals surface area contributed by atoms with E-state index in [4.69, 9.17) is 5.11 Å². The van der Waals surface area contributed by atoms with Gasteiger partial charge in [-0.05, 0) is 6.92 Å². The molecule has 1 aromatic heterocycles. The lowest BCUT2D eigenvalue weighted by molar-refractivity contribution is 0.0727. The third-order valence-corrected chi connectivity index (χ3v) is 2.10. The van der Waals surface area contributed by atoms with Gasteiger partial charge < -0.3 is 10.0 Å². The maximum atomic E-state index is 11.5. The first-order valence-corrected chi connectivity index (χ1v) is 4.70. The molecule has 0 spiro atoms. The van der Waals surface area contributed by atoms with Gasteiger partial charge in [0.15, 0.2) is 5.69 Å². The Hall–Kier alpha value is -1.01. The van der Waals surface area contributed by atoms with Crippen LogP contribution in [0.4, 0.5) is 0 Å². The highest BCUT2D eigenvalue weighted by atomic mass is 32.1. The Kier molecular flexibility index (Phi) is 3.78. The summed E-state index contributed by atoms with van der Waals surface area (Å²) in [4.78, 5) is 13.1. The van der Waals surface area contributed by atoms with Gasteiger partial charge >= 0.3 is 0 Å². The fourth-order valence-electron chi connectivity index (χ4n) is 0.945. The molecule has 0 aliphatic carbocycles. The summed E-state index contributed by atoms with van der Waals surface area (Å²) in [7, 11) is 0. The summed E-state index contributed by atoms with van der Waals surface area (Å²) in [5.74, 6) is -0.176. The van der Waals surface area contributed by atoms with Crippen LogP contribution in [0.25, 0.3) is 0 Å². The Balaban J connectivity index is 2.65. The molecular weight excluding hydrogens is 190 g/mol. The first kappa shape index (κ1) is 10.1. The van der Waals surface area contributed by atoms with E-state index < -0.39 is 0 Å². The maximum absolute atomic E-state index is 11.5. The lowest BCUT2D eigenvalue weighted by atomic mass is 10.4. The Morgan fingerprint density at radius 2 is 2.54 bits per heavy atom. The zero-order valence-electron chi connectivity index (χ0n) is 7.30. The number of nitrogens with zero attached hydrogens (tertiary/aromatic N) is 3. The molecule has 0 saturated carbocycles. The lowest BCUT2D eigenvalue weighted by Gasteiger charge is -2.17. The molecule has 0 aromatic carbocycles. The van der Waals surface area contributed by atoms with Crippen LogP contribution < -0.4 is 0 Å². The van der Waals surface area contributed by atoms with Crippen molar-refractivity contribution in [2.75, 3.05) is 19.7 Å². The minimum Gasteiger partial charge on any atom is -0.395 e. The first-order chi connectivity index (χ1) is 6.29. The molecule has 72 valence electrons. The Bertz CT molecular complexity index is 263. The van der Waals surface area contributed by atoms with Crippen molar-refractivity contribution in [1.82, 2.24) is 13.6 Å². The van der Waals surface area contributed by atoms with Crippen LogP contribution in [0.15, 0.2) is 6.20 Å². The van der Waals surface area contributed by atoms with E-state index in [2.05, 4.69) is 8.75 Å². The number of amides is 1. The van der Waals surface area contributed by atoms with Crippen LogP contribution in [-0.4, -0.2) is 44.4 Å². The standard InChI is InChI=1S/C7H11N3O2S/c1-2-10(3-4-11)7(12)6-5-8-13-9-6/h5,11H,2-4H2,1H3. The second kappa shape index (κ2) is 4.88. The fraction of sp³-hybridized carbons (Fsp3) is 0.571. The smallest absolute Gasteiger partial charge is 0.275 e. The zero-order valence-corrected chi connectivity index (χ0v) is 8.12. The molecule has 0 aliphatic rings. The van der Waals surface area contributed by atoms with Gasteiger partial charge in [-0.3, -0.25) is 4.79 Å². The monoisotopic (exact) mass is 201 g/mol. The molecule has 0 radical (unpaired) electrons. The van der Waals surface area contributed by atoms with E-state index >= 15 is 0 Å². The fourth-order valence-corrected chi connectivity index (χ4v) is 1.35. The van der Waals surface area contributed by atoms with Gasteiger partial charge in [0.2, 0.25) is 0 Å². The number of carbonyl (C=O) groups excluding carboxylic acids is 1. The van der Waals surface area contributed by atoms with Crippen molar-refractivity contribution in [3.8, 4) is 0 Å². The molecule has 1 rings (SSSR count). The Morgan fingerprint density at radius 3 is 3.00 bits per heavy atom. The number of hydrogen-bond donors (Lipinski definition) is 1. The number of carbonyl (C=O) groups is 1. The van der Waals surface area contributed by atoms with E-state index in [9.17, 15) is 4.79 Å². The summed E-state index contributed by atoms with van der Waals surface area (Å²) in [5, 5.41) is 8.69. The molecule has 0 aliphatic heterocycles. The number of aliphatic hydroxyl groups is 1. The topological polar surface area (TPSA) is 66.3 Å². The largest absolute Gasteiger partial charge is 0.395 e. The summed E-state index contributed by atoms with van der Waals surface area (Å²) in [5.41, 5.74) is 0.348. The summed E-state index contributed by atoms with van der Waals surface area (Å²) >= 11 is 1.00. The molecule has 1 N–H and O–H groups in total. The van der Waals surface area contributed by atoms with Crippen LogP contribution in [-0.2, 0) is 0 Å². The number of rotatable bonds is 4. The van der Waals surface area contributed by atoms with E-state index in [1.54, 1.807) is 0 Å². The van der Waals surface area contributed by atoms with Crippen LogP contribution in [0.1, 0.15) is 17.4 Å². The van der Waals surface area contributed by atoms with Gasteiger partial charge in [0, 0.05) is 13.1 Å². The summed E-state index contributed by atoms with van der Waals surface area (Å²) in [6.07, 6.45) is 1.44. The van der Waals surface area contributed by atoms with Gasteiger partial charge in [0.25, 0.3) is 5.91 Å². The van der Waals surface area contributed by atoms with Crippen molar-refractivity contribution in [1.29, 1.82) is 0 Å². The Morgan fingerprint density at radius 1 is 1.77 bits per heavy atom. The molecule has 0 bridgehead atoms. The SMILES string of the molecule is CCN(CCO)C(=O)c1cnsn1. The Labute approximate surface area is 80.3 Å². The van der Waals surface area contributed by atoms with Gasteiger partial charge in [-0.15, -0.1) is 0 Å². The molecule has 1 aromatic rings. The summed E-state index contributed by atoms with van der Waals surface area (Å²) in [6, 6.07) is 0. The molecule has 0 saturated heterocycles. The third-order valence-electron chi connectivity index (χ3n) is 1.62. The average Bonchev–Trinajstić information content (AvgIpc) is 2.65. The summed E-state index contributed by atoms with van der Waals surface area (Å²) < 4.78 is 7.57. The number of aliphatic hydroxyl groups excluding tert-OH is 1. The van der Waals surface area contributed by atoms with E-state index in [1.807, 2.05) is 6.92 Å². The third kappa shape index (κ3) is 2.46. The number of aromatic nitrogens is 2. The van der Waals surface area contributed by atoms with Crippen molar-refractivity contribution in [3.05, 3.63) is 11.9 Å². The lowest BCUT2D eigenvalue weighted by Crippen LogP contribution is -2.33. The minimum atomic E-state index is -0.176. The highest BCUT2D eigenvalue weighted by molar-refractivity contribution is 6.99. The second-order valence-corrected chi connectivity index (χ2v) is 2.96. The highest BCUT2D eigenvalue weighted by Crippen LogP contribution is 2.01. The van der Waals surface area contributed by atoms with Crippen molar-refractivity contribution in [2.45, 2.75) is 6.92 Å². The van der Waals surface area contributed by atoms with Crippen LogP contribution in [0.2, 0.25) is 0 Å². The van der Waals surface area contributed by atoms with Gasteiger partial charge in [0.05, 0.1) is 24.5 Å².